The molecule has 4 rings (SSSR count). The molecule has 0 spiro atoms. The first-order chi connectivity index (χ1) is 24.7. The van der Waals surface area contributed by atoms with Crippen LogP contribution in [-0.2, 0) is 22.4 Å². The first-order valence-corrected chi connectivity index (χ1v) is 17.0. The van der Waals surface area contributed by atoms with Crippen LogP contribution < -0.4 is 34.4 Å². The van der Waals surface area contributed by atoms with Crippen LogP contribution in [0.15, 0.2) is 105 Å². The van der Waals surface area contributed by atoms with E-state index in [1.165, 1.54) is 19.3 Å². The molecule has 2 heterocycles. The summed E-state index contributed by atoms with van der Waals surface area (Å²) in [6.45, 7) is 3.64. The maximum atomic E-state index is 12.1. The van der Waals surface area contributed by atoms with Crippen molar-refractivity contribution < 1.29 is 9.59 Å². The standard InChI is InChI=1S/C18H24N6O.C14H15N5O.C5H13N/c19-11-5-4-8-15(20)17(25)12-14-9-10-16(18(21)22-14)24-23-13-6-2-1-3-7-13;15-9-12(20)8-11-6-7-13(14(16)17-11)19-18-10-4-2-1-3-5-10;1-2-3-4-5-6/h1-3,6-7,9-10,15H,4-5,8,11-12,19-20H2,(H2,21,22);1-7H,8-9,15H2,(H2,16,17);2-6H2,1H3/t15-;;/m0../s1. The van der Waals surface area contributed by atoms with Crippen molar-refractivity contribution in [3.8, 4) is 0 Å². The van der Waals surface area contributed by atoms with E-state index < -0.39 is 6.04 Å². The molecule has 0 fully saturated rings. The second kappa shape index (κ2) is 24.8. The summed E-state index contributed by atoms with van der Waals surface area (Å²) in [4.78, 5) is 31.7. The molecule has 0 unspecified atom stereocenters. The van der Waals surface area contributed by atoms with E-state index in [9.17, 15) is 9.59 Å². The van der Waals surface area contributed by atoms with Crippen LogP contribution in [0.3, 0.4) is 0 Å². The summed E-state index contributed by atoms with van der Waals surface area (Å²) in [5, 5.41) is 16.3. The van der Waals surface area contributed by atoms with Crippen LogP contribution >= 0.6 is 0 Å². The van der Waals surface area contributed by atoms with Crippen molar-refractivity contribution in [3.63, 3.8) is 0 Å². The van der Waals surface area contributed by atoms with Gasteiger partial charge >= 0.3 is 0 Å². The second-order valence-corrected chi connectivity index (χ2v) is 11.4. The van der Waals surface area contributed by atoms with E-state index in [1.54, 1.807) is 24.3 Å². The van der Waals surface area contributed by atoms with Gasteiger partial charge in [-0.05, 0) is 80.9 Å². The number of azo groups is 2. The number of unbranched alkanes of at least 4 members (excludes halogenated alkanes) is 3. The first-order valence-electron chi connectivity index (χ1n) is 17.0. The Bertz CT molecular complexity index is 1650. The molecule has 4 aromatic rings. The monoisotopic (exact) mass is 696 g/mol. The summed E-state index contributed by atoms with van der Waals surface area (Å²) in [5.74, 6) is 0.340. The minimum Gasteiger partial charge on any atom is -0.382 e. The quantitative estimate of drug-likeness (QED) is 0.0559. The molecule has 14 heteroatoms. The van der Waals surface area contributed by atoms with Crippen molar-refractivity contribution in [2.75, 3.05) is 31.1 Å². The molecule has 0 amide bonds. The Labute approximate surface area is 300 Å². The predicted octanol–water partition coefficient (Wildman–Crippen LogP) is 5.93. The lowest BCUT2D eigenvalue weighted by Crippen LogP contribution is -2.32. The van der Waals surface area contributed by atoms with Crippen molar-refractivity contribution in [2.45, 2.75) is 64.3 Å². The number of nitrogen functional groups attached to an aromatic ring is 2. The average molecular weight is 697 g/mol. The van der Waals surface area contributed by atoms with Crippen LogP contribution in [0.1, 0.15) is 56.8 Å². The van der Waals surface area contributed by atoms with E-state index in [2.05, 4.69) is 37.3 Å². The van der Waals surface area contributed by atoms with Crippen molar-refractivity contribution in [2.24, 2.45) is 43.4 Å². The smallest absolute Gasteiger partial charge is 0.155 e. The Kier molecular flexibility index (Phi) is 20.4. The van der Waals surface area contributed by atoms with Crippen LogP contribution in [0.25, 0.3) is 0 Å². The van der Waals surface area contributed by atoms with Crippen LogP contribution in [0.4, 0.5) is 34.4 Å². The van der Waals surface area contributed by atoms with Crippen molar-refractivity contribution in [1.29, 1.82) is 0 Å². The molecule has 14 nitrogen and oxygen atoms in total. The van der Waals surface area contributed by atoms with Gasteiger partial charge in [0.25, 0.3) is 0 Å². The van der Waals surface area contributed by atoms with Gasteiger partial charge in [0.2, 0.25) is 0 Å². The van der Waals surface area contributed by atoms with Gasteiger partial charge in [0.1, 0.15) is 11.4 Å². The molecule has 272 valence electrons. The average Bonchev–Trinajstić information content (AvgIpc) is 3.14. The maximum Gasteiger partial charge on any atom is 0.155 e. The fourth-order valence-corrected chi connectivity index (χ4v) is 4.25. The minimum absolute atomic E-state index is 0.00292. The molecular weight excluding hydrogens is 644 g/mol. The molecule has 0 aliphatic heterocycles. The second-order valence-electron chi connectivity index (χ2n) is 11.4. The Balaban J connectivity index is 0.000000310. The topological polar surface area (TPSA) is 265 Å². The summed E-state index contributed by atoms with van der Waals surface area (Å²) in [6, 6.07) is 25.0. The maximum absolute atomic E-state index is 12.1. The SMILES string of the molecule is CCCCCN.NCC(=O)Cc1ccc(N=Nc2ccccc2)c(N)n1.NCCCC[C@H](N)C(=O)Cc1ccc(N=Nc2ccccc2)c(N)n1. The van der Waals surface area contributed by atoms with Crippen LogP contribution in [0, 0.1) is 0 Å². The Hall–Kier alpha value is -5.28. The normalized spacial score (nSPS) is 11.4. The van der Waals surface area contributed by atoms with E-state index in [0.717, 1.165) is 30.8 Å². The third kappa shape index (κ3) is 17.3. The number of nitrogens with two attached hydrogens (primary N) is 6. The zero-order valence-corrected chi connectivity index (χ0v) is 29.4. The van der Waals surface area contributed by atoms with Gasteiger partial charge in [-0.25, -0.2) is 9.97 Å². The number of Topliss-reactive ketones (excluding diaryl/α,β-unsaturated/α-hetero) is 2. The number of aromatic nitrogens is 2. The fraction of sp³-hybridized carbons (Fsp3) is 0.351. The number of ketones is 2. The molecule has 0 saturated carbocycles. The highest BCUT2D eigenvalue weighted by Crippen LogP contribution is 2.24. The number of hydrogen-bond donors (Lipinski definition) is 6. The van der Waals surface area contributed by atoms with Gasteiger partial charge in [0.15, 0.2) is 23.2 Å². The first kappa shape index (κ1) is 41.9. The number of hydrogen-bond acceptors (Lipinski definition) is 14. The molecule has 12 N–H and O–H groups in total. The lowest BCUT2D eigenvalue weighted by molar-refractivity contribution is -0.120. The third-order valence-electron chi connectivity index (χ3n) is 7.13. The molecule has 0 aliphatic rings. The predicted molar refractivity (Wildman–Crippen MR) is 204 cm³/mol. The molecule has 0 saturated heterocycles. The summed E-state index contributed by atoms with van der Waals surface area (Å²) >= 11 is 0. The third-order valence-corrected chi connectivity index (χ3v) is 7.13. The molecule has 1 atom stereocenters. The Morgan fingerprint density at radius 1 is 0.627 bits per heavy atom. The Morgan fingerprint density at radius 3 is 1.51 bits per heavy atom. The highest BCUT2D eigenvalue weighted by molar-refractivity contribution is 5.85. The molecule has 51 heavy (non-hydrogen) atoms. The molecule has 2 aromatic heterocycles. The number of pyridine rings is 2. The number of carbonyl (C=O) groups is 2. The summed E-state index contributed by atoms with van der Waals surface area (Å²) in [7, 11) is 0. The number of anilines is 2. The van der Waals surface area contributed by atoms with Gasteiger partial charge in [0, 0.05) is 0 Å². The lowest BCUT2D eigenvalue weighted by atomic mass is 10.0. The molecule has 0 aliphatic carbocycles. The van der Waals surface area contributed by atoms with E-state index in [1.807, 2.05) is 60.7 Å². The van der Waals surface area contributed by atoms with Crippen LogP contribution in [-0.4, -0.2) is 47.2 Å². The lowest BCUT2D eigenvalue weighted by Gasteiger charge is -2.10. The largest absolute Gasteiger partial charge is 0.382 e. The Morgan fingerprint density at radius 2 is 1.10 bits per heavy atom. The molecule has 2 aromatic carbocycles. The summed E-state index contributed by atoms with van der Waals surface area (Å²) in [6.07, 6.45) is 6.44. The number of carbonyl (C=O) groups excluding carboxylic acids is 2. The van der Waals surface area contributed by atoms with Gasteiger partial charge in [-0.15, -0.1) is 10.2 Å². The van der Waals surface area contributed by atoms with Crippen LogP contribution in [0.2, 0.25) is 0 Å². The van der Waals surface area contributed by atoms with Gasteiger partial charge in [-0.2, -0.15) is 10.2 Å². The van der Waals surface area contributed by atoms with Gasteiger partial charge < -0.3 is 34.4 Å². The molecular formula is C37H52N12O2. The highest BCUT2D eigenvalue weighted by Gasteiger charge is 2.15. The number of nitrogens with zero attached hydrogens (tertiary/aromatic N) is 6. The van der Waals surface area contributed by atoms with Crippen molar-refractivity contribution in [1.82, 2.24) is 9.97 Å². The van der Waals surface area contributed by atoms with Gasteiger partial charge in [0.05, 0.1) is 48.2 Å². The minimum atomic E-state index is -0.494. The molecule has 0 radical (unpaired) electrons. The van der Waals surface area contributed by atoms with Gasteiger partial charge in [-0.3, -0.25) is 9.59 Å². The molecule has 0 bridgehead atoms. The van der Waals surface area contributed by atoms with Gasteiger partial charge in [-0.1, -0.05) is 62.6 Å². The van der Waals surface area contributed by atoms with Crippen molar-refractivity contribution >= 4 is 46.0 Å². The van der Waals surface area contributed by atoms with E-state index >= 15 is 0 Å². The summed E-state index contributed by atoms with van der Waals surface area (Å²) < 4.78 is 0. The fourth-order valence-electron chi connectivity index (χ4n) is 4.25. The zero-order valence-electron chi connectivity index (χ0n) is 29.4. The highest BCUT2D eigenvalue weighted by atomic mass is 16.1. The van der Waals surface area contributed by atoms with E-state index in [-0.39, 0.29) is 42.6 Å². The van der Waals surface area contributed by atoms with E-state index in [4.69, 9.17) is 34.4 Å². The van der Waals surface area contributed by atoms with E-state index in [0.29, 0.717) is 35.7 Å². The van der Waals surface area contributed by atoms with Crippen molar-refractivity contribution in [3.05, 3.63) is 96.3 Å². The zero-order chi connectivity index (χ0) is 37.3. The van der Waals surface area contributed by atoms with Crippen LogP contribution in [0.5, 0.6) is 0 Å². The number of benzene rings is 2. The number of rotatable bonds is 17. The summed E-state index contributed by atoms with van der Waals surface area (Å²) in [5.41, 5.74) is 37.1.